The minimum absolute atomic E-state index is 0.0157. The lowest BCUT2D eigenvalue weighted by atomic mass is 10.1. The van der Waals surface area contributed by atoms with Gasteiger partial charge in [0.05, 0.1) is 6.42 Å². The van der Waals surface area contributed by atoms with Gasteiger partial charge in [0.25, 0.3) is 0 Å². The van der Waals surface area contributed by atoms with Gasteiger partial charge in [-0.05, 0) is 23.8 Å². The Bertz CT molecular complexity index is 440. The number of benzene rings is 1. The van der Waals surface area contributed by atoms with E-state index in [1.807, 2.05) is 0 Å². The molecular weight excluding hydrogens is 241 g/mol. The van der Waals surface area contributed by atoms with Gasteiger partial charge in [0.2, 0.25) is 0 Å². The highest BCUT2D eigenvalue weighted by atomic mass is 19.4. The van der Waals surface area contributed by atoms with E-state index in [1.165, 1.54) is 0 Å². The van der Waals surface area contributed by atoms with Gasteiger partial charge < -0.3 is 9.84 Å². The first-order valence-corrected chi connectivity index (χ1v) is 4.37. The number of hydrogen-bond acceptors (Lipinski definition) is 3. The number of alkyl halides is 3. The summed E-state index contributed by atoms with van der Waals surface area (Å²) in [4.78, 5) is 21.0. The highest BCUT2D eigenvalue weighted by molar-refractivity contribution is 5.81. The third-order valence-electron chi connectivity index (χ3n) is 1.82. The number of carbonyl (C=O) groups is 2. The number of rotatable bonds is 4. The van der Waals surface area contributed by atoms with Crippen LogP contribution in [0, 0.1) is 0 Å². The van der Waals surface area contributed by atoms with E-state index >= 15 is 0 Å². The summed E-state index contributed by atoms with van der Waals surface area (Å²) in [6, 6.07) is 2.90. The molecule has 0 aliphatic carbocycles. The summed E-state index contributed by atoms with van der Waals surface area (Å²) in [5.74, 6) is -1.81. The van der Waals surface area contributed by atoms with E-state index in [4.69, 9.17) is 5.11 Å². The third kappa shape index (κ3) is 4.13. The molecule has 0 amide bonds. The molecule has 0 unspecified atom stereocenters. The Kier molecular flexibility index (Phi) is 3.72. The normalized spacial score (nSPS) is 11.0. The maximum atomic E-state index is 11.9. The second kappa shape index (κ2) is 4.86. The first kappa shape index (κ1) is 13.0. The second-order valence-electron chi connectivity index (χ2n) is 3.10. The summed E-state index contributed by atoms with van der Waals surface area (Å²) >= 11 is 0. The molecular formula is C10H7F3O4. The Balaban J connectivity index is 3.04. The summed E-state index contributed by atoms with van der Waals surface area (Å²) in [6.45, 7) is 0. The number of carbonyl (C=O) groups excluding carboxylic acids is 1. The van der Waals surface area contributed by atoms with E-state index in [0.29, 0.717) is 6.29 Å². The molecule has 0 saturated carbocycles. The molecule has 1 aromatic rings. The molecule has 92 valence electrons. The van der Waals surface area contributed by atoms with Gasteiger partial charge in [0, 0.05) is 5.56 Å². The summed E-state index contributed by atoms with van der Waals surface area (Å²) in [5, 5.41) is 8.53. The van der Waals surface area contributed by atoms with Gasteiger partial charge in [0.15, 0.2) is 0 Å². The number of carboxylic acid groups (broad SMARTS) is 1. The smallest absolute Gasteiger partial charge is 0.481 e. The van der Waals surface area contributed by atoms with Gasteiger partial charge in [0.1, 0.15) is 12.0 Å². The van der Waals surface area contributed by atoms with Gasteiger partial charge in [-0.1, -0.05) is 0 Å². The molecule has 1 N–H and O–H groups in total. The molecule has 0 heterocycles. The first-order chi connectivity index (χ1) is 7.81. The molecule has 17 heavy (non-hydrogen) atoms. The molecule has 1 rings (SSSR count). The summed E-state index contributed by atoms with van der Waals surface area (Å²) in [7, 11) is 0. The molecule has 0 aromatic heterocycles. The summed E-state index contributed by atoms with van der Waals surface area (Å²) in [6.07, 6.45) is -5.04. The van der Waals surface area contributed by atoms with Gasteiger partial charge in [-0.15, -0.1) is 13.2 Å². The molecule has 4 nitrogen and oxygen atoms in total. The van der Waals surface area contributed by atoms with E-state index in [1.54, 1.807) is 0 Å². The van der Waals surface area contributed by atoms with Gasteiger partial charge >= 0.3 is 12.3 Å². The summed E-state index contributed by atoms with van der Waals surface area (Å²) < 4.78 is 39.3. The van der Waals surface area contributed by atoms with E-state index in [-0.39, 0.29) is 11.1 Å². The molecule has 0 radical (unpaired) electrons. The molecule has 0 aliphatic heterocycles. The van der Waals surface area contributed by atoms with Gasteiger partial charge in [-0.2, -0.15) is 0 Å². The van der Waals surface area contributed by atoms with Crippen LogP contribution in [0.5, 0.6) is 5.75 Å². The van der Waals surface area contributed by atoms with Crippen molar-refractivity contribution in [1.29, 1.82) is 0 Å². The maximum Gasteiger partial charge on any atom is 0.573 e. The van der Waals surface area contributed by atoms with Crippen LogP contribution in [0.2, 0.25) is 0 Å². The molecule has 1 aromatic carbocycles. The average Bonchev–Trinajstić information content (AvgIpc) is 2.14. The standard InChI is InChI=1S/C10H7F3O4/c11-10(12,13)17-8-2-1-6(5-14)7(3-8)4-9(15)16/h1-3,5H,4H2,(H,15,16). The maximum absolute atomic E-state index is 11.9. The van der Waals surface area contributed by atoms with Crippen LogP contribution >= 0.6 is 0 Å². The summed E-state index contributed by atoms with van der Waals surface area (Å²) in [5.41, 5.74) is -0.0174. The lowest BCUT2D eigenvalue weighted by Gasteiger charge is -2.10. The van der Waals surface area contributed by atoms with Gasteiger partial charge in [-0.3, -0.25) is 9.59 Å². The quantitative estimate of drug-likeness (QED) is 0.828. The lowest BCUT2D eigenvalue weighted by Crippen LogP contribution is -2.17. The van der Waals surface area contributed by atoms with E-state index in [0.717, 1.165) is 18.2 Å². The van der Waals surface area contributed by atoms with E-state index in [2.05, 4.69) is 4.74 Å². The zero-order chi connectivity index (χ0) is 13.1. The predicted octanol–water partition coefficient (Wildman–Crippen LogP) is 2.02. The van der Waals surface area contributed by atoms with Crippen molar-refractivity contribution in [2.45, 2.75) is 12.8 Å². The number of ether oxygens (including phenoxy) is 1. The molecule has 0 saturated heterocycles. The molecule has 0 fully saturated rings. The Labute approximate surface area is 93.6 Å². The molecule has 0 atom stereocenters. The Morgan fingerprint density at radius 2 is 2.06 bits per heavy atom. The molecule has 0 bridgehead atoms. The molecule has 0 spiro atoms. The molecule has 7 heteroatoms. The van der Waals surface area contributed by atoms with Crippen LogP contribution < -0.4 is 4.74 Å². The van der Waals surface area contributed by atoms with Crippen molar-refractivity contribution >= 4 is 12.3 Å². The Morgan fingerprint density at radius 3 is 2.53 bits per heavy atom. The van der Waals surface area contributed by atoms with Gasteiger partial charge in [-0.25, -0.2) is 0 Å². The number of hydrogen-bond donors (Lipinski definition) is 1. The fourth-order valence-electron chi connectivity index (χ4n) is 1.21. The minimum atomic E-state index is -4.86. The van der Waals surface area contributed by atoms with Crippen LogP contribution in [0.15, 0.2) is 18.2 Å². The van der Waals surface area contributed by atoms with Crippen molar-refractivity contribution in [1.82, 2.24) is 0 Å². The van der Waals surface area contributed by atoms with Crippen molar-refractivity contribution < 1.29 is 32.6 Å². The fourth-order valence-corrected chi connectivity index (χ4v) is 1.21. The molecule has 0 aliphatic rings. The van der Waals surface area contributed by atoms with Crippen molar-refractivity contribution in [3.63, 3.8) is 0 Å². The average molecular weight is 248 g/mol. The predicted molar refractivity (Wildman–Crippen MR) is 49.9 cm³/mol. The van der Waals surface area contributed by atoms with E-state index < -0.39 is 24.5 Å². The number of aldehydes is 1. The lowest BCUT2D eigenvalue weighted by molar-refractivity contribution is -0.274. The van der Waals surface area contributed by atoms with Crippen LogP contribution in [0.4, 0.5) is 13.2 Å². The number of carboxylic acids is 1. The Morgan fingerprint density at radius 1 is 1.41 bits per heavy atom. The van der Waals surface area contributed by atoms with Crippen LogP contribution in [-0.4, -0.2) is 23.7 Å². The minimum Gasteiger partial charge on any atom is -0.481 e. The first-order valence-electron chi connectivity index (χ1n) is 4.37. The van der Waals surface area contributed by atoms with Crippen LogP contribution in [0.3, 0.4) is 0 Å². The van der Waals surface area contributed by atoms with Crippen molar-refractivity contribution in [3.05, 3.63) is 29.3 Å². The Hall–Kier alpha value is -2.05. The number of aliphatic carboxylic acids is 1. The topological polar surface area (TPSA) is 63.6 Å². The highest BCUT2D eigenvalue weighted by Gasteiger charge is 2.31. The largest absolute Gasteiger partial charge is 0.573 e. The second-order valence-corrected chi connectivity index (χ2v) is 3.10. The SMILES string of the molecule is O=Cc1ccc(OC(F)(F)F)cc1CC(=O)O. The zero-order valence-corrected chi connectivity index (χ0v) is 8.32. The van der Waals surface area contributed by atoms with E-state index in [9.17, 15) is 22.8 Å². The van der Waals surface area contributed by atoms with Crippen LogP contribution in [0.25, 0.3) is 0 Å². The van der Waals surface area contributed by atoms with Crippen molar-refractivity contribution in [2.24, 2.45) is 0 Å². The third-order valence-corrected chi connectivity index (χ3v) is 1.82. The van der Waals surface area contributed by atoms with Crippen molar-refractivity contribution in [2.75, 3.05) is 0 Å². The monoisotopic (exact) mass is 248 g/mol. The van der Waals surface area contributed by atoms with Crippen molar-refractivity contribution in [3.8, 4) is 5.75 Å². The van der Waals surface area contributed by atoms with Crippen LogP contribution in [0.1, 0.15) is 15.9 Å². The highest BCUT2D eigenvalue weighted by Crippen LogP contribution is 2.24. The fraction of sp³-hybridized carbons (Fsp3) is 0.200. The number of halogens is 3. The zero-order valence-electron chi connectivity index (χ0n) is 8.32. The van der Waals surface area contributed by atoms with Crippen LogP contribution in [-0.2, 0) is 11.2 Å².